The Kier molecular flexibility index (Phi) is 12.8. The molecule has 0 bridgehead atoms. The minimum atomic E-state index is -0.426. The Morgan fingerprint density at radius 2 is 1.05 bits per heavy atom. The molecule has 0 radical (unpaired) electrons. The van der Waals surface area contributed by atoms with E-state index in [0.717, 1.165) is 121 Å². The Bertz CT molecular complexity index is 1940. The first-order chi connectivity index (χ1) is 29.5. The number of benzene rings is 2. The van der Waals surface area contributed by atoms with E-state index in [2.05, 4.69) is 33.0 Å². The standard InChI is InChI=1S/C24H33N3O3.C13H13NO2.C11H20N2O2/c1-2-30-22(29)27-16-13-23(17-27)11-14-26(15-12-23)18-7-9-24(10-8-18)19-5-3-4-6-20(19)25-21(24)28;15-9-5-7-13(8-6-9)10-3-1-2-4-11(10)14-12(13)16;1-2-15-10(14)13-8-5-11(9-13)3-6-12-7-4-11/h3-6,18H,2,7-17H2,1H3,(H,25,28);1-4H,5-8H2,(H,14,16);12H,2-9H2,1H3. The summed E-state index contributed by atoms with van der Waals surface area (Å²) in [5.74, 6) is 0.550. The lowest BCUT2D eigenvalue weighted by Gasteiger charge is -2.46. The van der Waals surface area contributed by atoms with Gasteiger partial charge in [0, 0.05) is 56.4 Å². The SMILES string of the molecule is CCOC(=O)N1CCC2(CCN(C3CCC4(CC3)C(=O)Nc3ccccc34)CC2)C1.CCOC(=O)N1CCC2(CCNCC2)C1.O=C1CCC2(CC1)C(=O)Nc1ccccc12. The van der Waals surface area contributed by atoms with Crippen LogP contribution < -0.4 is 16.0 Å². The molecule has 0 atom stereocenters. The van der Waals surface area contributed by atoms with Crippen molar-refractivity contribution in [3.05, 3.63) is 59.7 Å². The molecule has 6 fully saturated rings. The summed E-state index contributed by atoms with van der Waals surface area (Å²) in [6, 6.07) is 16.6. The van der Waals surface area contributed by atoms with Crippen LogP contribution in [0, 0.1) is 10.8 Å². The molecule has 2 aromatic carbocycles. The third kappa shape index (κ3) is 8.66. The molecule has 6 heterocycles. The Morgan fingerprint density at radius 3 is 1.54 bits per heavy atom. The smallest absolute Gasteiger partial charge is 0.409 e. The molecule has 4 saturated heterocycles. The summed E-state index contributed by atoms with van der Waals surface area (Å²) < 4.78 is 10.2. The fourth-order valence-electron chi connectivity index (χ4n) is 11.9. The normalized spacial score (nSPS) is 26.8. The molecule has 8 aliphatic rings. The minimum absolute atomic E-state index is 0.0706. The van der Waals surface area contributed by atoms with E-state index >= 15 is 0 Å². The van der Waals surface area contributed by atoms with E-state index in [1.54, 1.807) is 0 Å². The largest absolute Gasteiger partial charge is 0.450 e. The average molecular weight is 839 g/mol. The maximum absolute atomic E-state index is 12.8. The highest BCUT2D eigenvalue weighted by atomic mass is 16.6. The van der Waals surface area contributed by atoms with Gasteiger partial charge in [-0.1, -0.05) is 36.4 Å². The zero-order valence-corrected chi connectivity index (χ0v) is 36.4. The average Bonchev–Trinajstić information content (AvgIpc) is 4.03. The fourth-order valence-corrected chi connectivity index (χ4v) is 11.9. The van der Waals surface area contributed by atoms with Crippen molar-refractivity contribution in [1.82, 2.24) is 20.0 Å². The first kappa shape index (κ1) is 43.2. The minimum Gasteiger partial charge on any atom is -0.450 e. The summed E-state index contributed by atoms with van der Waals surface area (Å²) in [5, 5.41) is 9.41. The third-order valence-corrected chi connectivity index (χ3v) is 15.7. The molecular weight excluding hydrogens is 773 g/mol. The van der Waals surface area contributed by atoms with Crippen molar-refractivity contribution >= 4 is 41.2 Å². The lowest BCUT2D eigenvalue weighted by molar-refractivity contribution is -0.126. The van der Waals surface area contributed by atoms with E-state index in [4.69, 9.17) is 9.47 Å². The number of ketones is 1. The molecule has 2 aromatic rings. The number of ether oxygens (including phenoxy) is 2. The van der Waals surface area contributed by atoms with Crippen LogP contribution >= 0.6 is 0 Å². The topological polar surface area (TPSA) is 150 Å². The van der Waals surface area contributed by atoms with Gasteiger partial charge in [-0.3, -0.25) is 14.4 Å². The number of carbonyl (C=O) groups excluding carboxylic acids is 5. The quantitative estimate of drug-likeness (QED) is 0.297. The predicted octanol–water partition coefficient (Wildman–Crippen LogP) is 7.00. The number of Topliss-reactive ketones (excluding diaryl/α,β-unsaturated/α-hetero) is 1. The van der Waals surface area contributed by atoms with Crippen LogP contribution in [0.25, 0.3) is 0 Å². The zero-order valence-electron chi connectivity index (χ0n) is 36.4. The van der Waals surface area contributed by atoms with Gasteiger partial charge < -0.3 is 40.1 Å². The number of hydrogen-bond donors (Lipinski definition) is 3. The first-order valence-corrected chi connectivity index (χ1v) is 23.2. The Labute approximate surface area is 361 Å². The highest BCUT2D eigenvalue weighted by molar-refractivity contribution is 6.07. The van der Waals surface area contributed by atoms with Gasteiger partial charge in [0.2, 0.25) is 11.8 Å². The Balaban J connectivity index is 0.000000139. The summed E-state index contributed by atoms with van der Waals surface area (Å²) in [6.07, 6.45) is 13.1. The van der Waals surface area contributed by atoms with Crippen LogP contribution in [0.5, 0.6) is 0 Å². The third-order valence-electron chi connectivity index (χ3n) is 15.7. The number of para-hydroxylation sites is 2. The van der Waals surface area contributed by atoms with E-state index in [9.17, 15) is 24.0 Å². The summed E-state index contributed by atoms with van der Waals surface area (Å²) >= 11 is 0. The molecule has 2 saturated carbocycles. The van der Waals surface area contributed by atoms with E-state index in [0.29, 0.717) is 50.4 Å². The summed E-state index contributed by atoms with van der Waals surface area (Å²) in [5.41, 5.74) is 4.14. The maximum Gasteiger partial charge on any atom is 0.409 e. The second-order valence-corrected chi connectivity index (χ2v) is 19.0. The first-order valence-electron chi connectivity index (χ1n) is 23.2. The molecule has 13 nitrogen and oxygen atoms in total. The van der Waals surface area contributed by atoms with Crippen LogP contribution in [-0.4, -0.2) is 116 Å². The molecule has 61 heavy (non-hydrogen) atoms. The van der Waals surface area contributed by atoms with Gasteiger partial charge in [0.25, 0.3) is 0 Å². The van der Waals surface area contributed by atoms with Crippen molar-refractivity contribution in [1.29, 1.82) is 0 Å². The van der Waals surface area contributed by atoms with Gasteiger partial charge in [0.05, 0.1) is 24.0 Å². The van der Waals surface area contributed by atoms with Gasteiger partial charge in [-0.15, -0.1) is 0 Å². The molecular formula is C48H66N6O7. The molecule has 4 amide bonds. The number of nitrogens with one attached hydrogen (secondary N) is 3. The summed E-state index contributed by atoms with van der Waals surface area (Å²) in [6.45, 7) is 12.5. The Morgan fingerprint density at radius 1 is 0.607 bits per heavy atom. The molecule has 4 spiro atoms. The van der Waals surface area contributed by atoms with Crippen LogP contribution in [-0.2, 0) is 34.7 Å². The van der Waals surface area contributed by atoms with Crippen LogP contribution in [0.1, 0.15) is 115 Å². The monoisotopic (exact) mass is 838 g/mol. The van der Waals surface area contributed by atoms with Crippen molar-refractivity contribution in [2.75, 3.05) is 76.2 Å². The van der Waals surface area contributed by atoms with Gasteiger partial charge in [-0.05, 0) is 151 Å². The molecule has 0 unspecified atom stereocenters. The molecule has 13 heteroatoms. The zero-order chi connectivity index (χ0) is 42.7. The Hall–Kier alpha value is -4.49. The molecule has 2 aliphatic carbocycles. The van der Waals surface area contributed by atoms with Crippen molar-refractivity contribution in [2.45, 2.75) is 121 Å². The van der Waals surface area contributed by atoms with Crippen LogP contribution in [0.4, 0.5) is 21.0 Å². The van der Waals surface area contributed by atoms with Crippen molar-refractivity contribution in [3.8, 4) is 0 Å². The molecule has 10 rings (SSSR count). The highest BCUT2D eigenvalue weighted by Crippen LogP contribution is 2.50. The number of nitrogens with zero attached hydrogens (tertiary/aromatic N) is 3. The van der Waals surface area contributed by atoms with E-state index in [-0.39, 0.29) is 40.6 Å². The summed E-state index contributed by atoms with van der Waals surface area (Å²) in [7, 11) is 0. The summed E-state index contributed by atoms with van der Waals surface area (Å²) in [4.78, 5) is 66.3. The number of hydrogen-bond acceptors (Lipinski definition) is 9. The van der Waals surface area contributed by atoms with Crippen LogP contribution in [0.3, 0.4) is 0 Å². The van der Waals surface area contributed by atoms with E-state index < -0.39 is 5.41 Å². The van der Waals surface area contributed by atoms with Crippen molar-refractivity contribution in [2.24, 2.45) is 10.8 Å². The number of anilines is 2. The number of rotatable bonds is 3. The number of amides is 4. The van der Waals surface area contributed by atoms with E-state index in [1.165, 1.54) is 18.4 Å². The second kappa shape index (κ2) is 18.1. The number of piperidine rings is 2. The lowest BCUT2D eigenvalue weighted by atomic mass is 9.68. The van der Waals surface area contributed by atoms with Gasteiger partial charge >= 0.3 is 12.2 Å². The lowest BCUT2D eigenvalue weighted by Crippen LogP contribution is -2.50. The van der Waals surface area contributed by atoms with Crippen molar-refractivity contribution < 1.29 is 33.4 Å². The number of likely N-dealkylation sites (tertiary alicyclic amines) is 3. The second-order valence-electron chi connectivity index (χ2n) is 19.0. The number of fused-ring (bicyclic) bond motifs is 4. The molecule has 6 aliphatic heterocycles. The van der Waals surface area contributed by atoms with E-state index in [1.807, 2.05) is 60.0 Å². The van der Waals surface area contributed by atoms with Gasteiger partial charge in [0.15, 0.2) is 0 Å². The molecule has 0 aromatic heterocycles. The van der Waals surface area contributed by atoms with Gasteiger partial charge in [-0.25, -0.2) is 9.59 Å². The highest BCUT2D eigenvalue weighted by Gasteiger charge is 2.51. The molecule has 330 valence electrons. The van der Waals surface area contributed by atoms with Crippen molar-refractivity contribution in [3.63, 3.8) is 0 Å². The fraction of sp³-hybridized carbons (Fsp3) is 0.646. The number of carbonyl (C=O) groups is 5. The predicted molar refractivity (Wildman–Crippen MR) is 233 cm³/mol. The maximum atomic E-state index is 12.8. The van der Waals surface area contributed by atoms with Gasteiger partial charge in [0.1, 0.15) is 5.78 Å². The van der Waals surface area contributed by atoms with Gasteiger partial charge in [-0.2, -0.15) is 0 Å². The van der Waals surface area contributed by atoms with Crippen LogP contribution in [0.15, 0.2) is 48.5 Å². The van der Waals surface area contributed by atoms with Crippen LogP contribution in [0.2, 0.25) is 0 Å². The molecule has 3 N–H and O–H groups in total.